The second-order valence-corrected chi connectivity index (χ2v) is 4.99. The zero-order chi connectivity index (χ0) is 17.6. The number of urea groups is 1. The molecule has 0 aliphatic carbocycles. The van der Waals surface area contributed by atoms with Gasteiger partial charge in [-0.15, -0.1) is 0 Å². The van der Waals surface area contributed by atoms with Gasteiger partial charge in [0, 0.05) is 24.0 Å². The van der Waals surface area contributed by atoms with Crippen LogP contribution < -0.4 is 15.4 Å². The molecule has 3 rings (SSSR count). The van der Waals surface area contributed by atoms with Gasteiger partial charge in [0.25, 0.3) is 0 Å². The number of hydrogen-bond acceptors (Lipinski definition) is 5. The molecule has 0 spiro atoms. The molecule has 3 aromatic rings. The number of anilines is 1. The molecule has 128 valence electrons. The van der Waals surface area contributed by atoms with Crippen molar-refractivity contribution in [2.24, 2.45) is 0 Å². The number of nitrogens with one attached hydrogen (secondary N) is 2. The summed E-state index contributed by atoms with van der Waals surface area (Å²) in [5.74, 6) is -0.0942. The molecule has 2 N–H and O–H groups in total. The highest BCUT2D eigenvalue weighted by molar-refractivity contribution is 5.89. The Hall–Kier alpha value is -3.49. The molecule has 25 heavy (non-hydrogen) atoms. The smallest absolute Gasteiger partial charge is 0.319 e. The van der Waals surface area contributed by atoms with Crippen LogP contribution in [0.2, 0.25) is 0 Å². The quantitative estimate of drug-likeness (QED) is 0.741. The molecule has 0 unspecified atom stereocenters. The number of benzene rings is 1. The molecule has 0 aliphatic rings. The Morgan fingerprint density at radius 3 is 2.96 bits per heavy atom. The number of nitrogens with zero attached hydrogens (tertiary/aromatic N) is 4. The molecule has 0 aliphatic heterocycles. The summed E-state index contributed by atoms with van der Waals surface area (Å²) >= 11 is 0. The van der Waals surface area contributed by atoms with Gasteiger partial charge in [-0.1, -0.05) is 6.07 Å². The molecule has 2 heterocycles. The fraction of sp³-hybridized carbons (Fsp3) is 0.125. The first-order chi connectivity index (χ1) is 12.2. The van der Waals surface area contributed by atoms with Crippen molar-refractivity contribution in [3.05, 3.63) is 60.6 Å². The minimum atomic E-state index is -0.530. The number of pyridine rings is 1. The monoisotopic (exact) mass is 342 g/mol. The summed E-state index contributed by atoms with van der Waals surface area (Å²) in [6, 6.07) is 7.35. The number of carbonyl (C=O) groups excluding carboxylic acids is 1. The van der Waals surface area contributed by atoms with Crippen molar-refractivity contribution in [1.29, 1.82) is 0 Å². The van der Waals surface area contributed by atoms with Crippen molar-refractivity contribution >= 4 is 11.7 Å². The van der Waals surface area contributed by atoms with E-state index in [0.717, 1.165) is 5.56 Å². The first kappa shape index (κ1) is 16.4. The fourth-order valence-corrected chi connectivity index (χ4v) is 2.20. The van der Waals surface area contributed by atoms with E-state index in [9.17, 15) is 9.18 Å². The van der Waals surface area contributed by atoms with Gasteiger partial charge in [-0.2, -0.15) is 5.10 Å². The van der Waals surface area contributed by atoms with Crippen molar-refractivity contribution in [3.63, 3.8) is 0 Å². The molecule has 1 aromatic carbocycles. The van der Waals surface area contributed by atoms with Gasteiger partial charge < -0.3 is 15.4 Å². The van der Waals surface area contributed by atoms with E-state index in [1.807, 2.05) is 0 Å². The molecule has 0 radical (unpaired) electrons. The van der Waals surface area contributed by atoms with Crippen molar-refractivity contribution in [1.82, 2.24) is 25.1 Å². The van der Waals surface area contributed by atoms with Crippen LogP contribution in [0.3, 0.4) is 0 Å². The minimum absolute atomic E-state index is 0.225. The zero-order valence-electron chi connectivity index (χ0n) is 13.3. The van der Waals surface area contributed by atoms with E-state index in [4.69, 9.17) is 4.74 Å². The second-order valence-electron chi connectivity index (χ2n) is 4.99. The summed E-state index contributed by atoms with van der Waals surface area (Å²) in [5.41, 5.74) is 1.29. The summed E-state index contributed by atoms with van der Waals surface area (Å²) < 4.78 is 20.5. The zero-order valence-corrected chi connectivity index (χ0v) is 13.3. The van der Waals surface area contributed by atoms with E-state index in [1.165, 1.54) is 36.6 Å². The first-order valence-electron chi connectivity index (χ1n) is 7.34. The maximum atomic E-state index is 14.1. The van der Waals surface area contributed by atoms with Crippen LogP contribution in [-0.2, 0) is 6.54 Å². The van der Waals surface area contributed by atoms with Gasteiger partial charge in [-0.25, -0.2) is 23.8 Å². The van der Waals surface area contributed by atoms with Crippen LogP contribution in [0.4, 0.5) is 14.9 Å². The van der Waals surface area contributed by atoms with Crippen molar-refractivity contribution < 1.29 is 13.9 Å². The number of rotatable bonds is 5. The number of aromatic nitrogens is 4. The topological polar surface area (TPSA) is 94.0 Å². The lowest BCUT2D eigenvalue weighted by Crippen LogP contribution is -2.28. The van der Waals surface area contributed by atoms with Gasteiger partial charge in [0.15, 0.2) is 5.82 Å². The molecular weight excluding hydrogens is 327 g/mol. The average molecular weight is 342 g/mol. The molecule has 0 saturated carbocycles. The van der Waals surface area contributed by atoms with Gasteiger partial charge in [0.05, 0.1) is 7.11 Å². The molecule has 9 heteroatoms. The largest absolute Gasteiger partial charge is 0.481 e. The fourth-order valence-electron chi connectivity index (χ4n) is 2.20. The molecule has 8 nitrogen and oxygen atoms in total. The lowest BCUT2D eigenvalue weighted by Gasteiger charge is -2.10. The van der Waals surface area contributed by atoms with Gasteiger partial charge in [0.1, 0.15) is 18.3 Å². The maximum Gasteiger partial charge on any atom is 0.319 e. The summed E-state index contributed by atoms with van der Waals surface area (Å²) in [6.45, 7) is 0.225. The SMILES string of the molecule is COc1ncccc1CNC(=O)Nc1ccc(-n2cncn2)c(F)c1. The Morgan fingerprint density at radius 2 is 2.24 bits per heavy atom. The van der Waals surface area contributed by atoms with Crippen molar-refractivity contribution in [2.45, 2.75) is 6.54 Å². The maximum absolute atomic E-state index is 14.1. The molecule has 2 aromatic heterocycles. The molecule has 2 amide bonds. The lowest BCUT2D eigenvalue weighted by atomic mass is 10.2. The number of carbonyl (C=O) groups is 1. The highest BCUT2D eigenvalue weighted by Crippen LogP contribution is 2.17. The number of hydrogen-bond donors (Lipinski definition) is 2. The lowest BCUT2D eigenvalue weighted by molar-refractivity contribution is 0.251. The predicted molar refractivity (Wildman–Crippen MR) is 88.0 cm³/mol. The summed E-state index contributed by atoms with van der Waals surface area (Å²) in [5, 5.41) is 9.10. The van der Waals surface area contributed by atoms with Crippen molar-refractivity contribution in [2.75, 3.05) is 12.4 Å². The molecule has 0 fully saturated rings. The third-order valence-corrected chi connectivity index (χ3v) is 3.35. The van der Waals surface area contributed by atoms with Gasteiger partial charge in [-0.05, 0) is 24.3 Å². The Kier molecular flexibility index (Phi) is 4.84. The van der Waals surface area contributed by atoms with E-state index in [-0.39, 0.29) is 12.2 Å². The minimum Gasteiger partial charge on any atom is -0.481 e. The predicted octanol–water partition coefficient (Wildman–Crippen LogP) is 2.13. The Balaban J connectivity index is 1.62. The molecule has 0 bridgehead atoms. The van der Waals surface area contributed by atoms with Crippen LogP contribution in [0.5, 0.6) is 5.88 Å². The number of ether oxygens (including phenoxy) is 1. The van der Waals surface area contributed by atoms with E-state index in [1.54, 1.807) is 24.4 Å². The van der Waals surface area contributed by atoms with Gasteiger partial charge in [0.2, 0.25) is 5.88 Å². The van der Waals surface area contributed by atoms with Crippen LogP contribution in [0.25, 0.3) is 5.69 Å². The first-order valence-corrected chi connectivity index (χ1v) is 7.34. The van der Waals surface area contributed by atoms with E-state index in [0.29, 0.717) is 11.6 Å². The normalized spacial score (nSPS) is 10.3. The third-order valence-electron chi connectivity index (χ3n) is 3.35. The average Bonchev–Trinajstić information content (AvgIpc) is 3.14. The summed E-state index contributed by atoms with van der Waals surface area (Å²) in [7, 11) is 1.51. The van der Waals surface area contributed by atoms with Gasteiger partial charge in [-0.3, -0.25) is 0 Å². The van der Waals surface area contributed by atoms with Crippen LogP contribution >= 0.6 is 0 Å². The number of methoxy groups -OCH3 is 1. The number of amides is 2. The van der Waals surface area contributed by atoms with E-state index in [2.05, 4.69) is 25.7 Å². The van der Waals surface area contributed by atoms with E-state index >= 15 is 0 Å². The third kappa shape index (κ3) is 3.89. The summed E-state index contributed by atoms with van der Waals surface area (Å²) in [6.07, 6.45) is 4.30. The van der Waals surface area contributed by atoms with Gasteiger partial charge >= 0.3 is 6.03 Å². The Labute approximate surface area is 142 Å². The Bertz CT molecular complexity index is 869. The second kappa shape index (κ2) is 7.39. The van der Waals surface area contributed by atoms with Crippen LogP contribution in [0.15, 0.2) is 49.2 Å². The molecular formula is C16H15FN6O2. The molecule has 0 atom stereocenters. The van der Waals surface area contributed by atoms with Crippen LogP contribution in [0, 0.1) is 5.82 Å². The van der Waals surface area contributed by atoms with Crippen LogP contribution in [0.1, 0.15) is 5.56 Å². The van der Waals surface area contributed by atoms with Crippen molar-refractivity contribution in [3.8, 4) is 11.6 Å². The van der Waals surface area contributed by atoms with Crippen LogP contribution in [-0.4, -0.2) is 32.9 Å². The standard InChI is InChI=1S/C16H15FN6O2/c1-25-15-11(3-2-6-19-15)8-20-16(24)22-12-4-5-14(13(17)7-12)23-10-18-9-21-23/h2-7,9-10H,8H2,1H3,(H2,20,22,24). The highest BCUT2D eigenvalue weighted by Gasteiger charge is 2.09. The Morgan fingerprint density at radius 1 is 1.36 bits per heavy atom. The summed E-state index contributed by atoms with van der Waals surface area (Å²) in [4.78, 5) is 19.8. The number of halogens is 1. The van der Waals surface area contributed by atoms with E-state index < -0.39 is 11.8 Å². The highest BCUT2D eigenvalue weighted by atomic mass is 19.1. The molecule has 0 saturated heterocycles.